The molecule has 5 nitrogen and oxygen atoms in total. The maximum atomic E-state index is 12.4. The summed E-state index contributed by atoms with van der Waals surface area (Å²) in [5.41, 5.74) is 4.04. The molecule has 2 aromatic carbocycles. The van der Waals surface area contributed by atoms with Crippen LogP contribution in [0.3, 0.4) is 0 Å². The lowest BCUT2D eigenvalue weighted by Gasteiger charge is -2.27. The van der Waals surface area contributed by atoms with E-state index in [1.807, 2.05) is 6.07 Å². The van der Waals surface area contributed by atoms with Gasteiger partial charge in [0.1, 0.15) is 11.5 Å². The van der Waals surface area contributed by atoms with Gasteiger partial charge in [-0.05, 0) is 62.1 Å². The minimum absolute atomic E-state index is 0.0163. The summed E-state index contributed by atoms with van der Waals surface area (Å²) in [4.78, 5) is 14.8. The number of ether oxygens (including phenoxy) is 1. The second kappa shape index (κ2) is 8.01. The quantitative estimate of drug-likeness (QED) is 0.847. The molecule has 27 heavy (non-hydrogen) atoms. The van der Waals surface area contributed by atoms with E-state index >= 15 is 0 Å². The molecule has 0 bridgehead atoms. The molecule has 1 amide bonds. The minimum Gasteiger partial charge on any atom is -0.507 e. The van der Waals surface area contributed by atoms with E-state index in [2.05, 4.69) is 37.1 Å². The fourth-order valence-corrected chi connectivity index (χ4v) is 3.87. The van der Waals surface area contributed by atoms with Gasteiger partial charge in [0, 0.05) is 25.2 Å². The summed E-state index contributed by atoms with van der Waals surface area (Å²) in [6.45, 7) is 8.16. The van der Waals surface area contributed by atoms with E-state index < -0.39 is 0 Å². The van der Waals surface area contributed by atoms with Gasteiger partial charge < -0.3 is 15.2 Å². The fourth-order valence-electron chi connectivity index (χ4n) is 3.87. The van der Waals surface area contributed by atoms with Crippen LogP contribution in [0.2, 0.25) is 0 Å². The van der Waals surface area contributed by atoms with Gasteiger partial charge in [-0.2, -0.15) is 0 Å². The first-order valence-electron chi connectivity index (χ1n) is 9.39. The summed E-state index contributed by atoms with van der Waals surface area (Å²) in [5.74, 6) is 0.712. The first-order chi connectivity index (χ1) is 12.9. The van der Waals surface area contributed by atoms with E-state index in [0.717, 1.165) is 25.3 Å². The predicted octanol–water partition coefficient (Wildman–Crippen LogP) is 3.58. The molecule has 1 heterocycles. The predicted molar refractivity (Wildman–Crippen MR) is 106 cm³/mol. The van der Waals surface area contributed by atoms with Gasteiger partial charge in [0.05, 0.1) is 12.7 Å². The lowest BCUT2D eigenvalue weighted by molar-refractivity contribution is 0.0934. The van der Waals surface area contributed by atoms with Gasteiger partial charge in [-0.25, -0.2) is 0 Å². The van der Waals surface area contributed by atoms with Crippen molar-refractivity contribution in [3.8, 4) is 11.5 Å². The summed E-state index contributed by atoms with van der Waals surface area (Å²) in [5, 5.41) is 12.9. The number of likely N-dealkylation sites (tertiary alicyclic amines) is 1. The van der Waals surface area contributed by atoms with Crippen molar-refractivity contribution in [3.05, 3.63) is 58.7 Å². The second-order valence-corrected chi connectivity index (χ2v) is 7.25. The Balaban J connectivity index is 1.66. The summed E-state index contributed by atoms with van der Waals surface area (Å²) in [6.07, 6.45) is 0.901. The Hall–Kier alpha value is -2.53. The highest BCUT2D eigenvalue weighted by atomic mass is 16.5. The average molecular weight is 368 g/mol. The Labute approximate surface area is 161 Å². The highest BCUT2D eigenvalue weighted by Crippen LogP contribution is 2.32. The maximum absolute atomic E-state index is 12.4. The molecule has 144 valence electrons. The second-order valence-electron chi connectivity index (χ2n) is 7.25. The number of nitrogens with one attached hydrogen (secondary N) is 1. The molecule has 1 aliphatic rings. The lowest BCUT2D eigenvalue weighted by Crippen LogP contribution is -2.37. The van der Waals surface area contributed by atoms with E-state index in [4.69, 9.17) is 4.74 Å². The van der Waals surface area contributed by atoms with Crippen molar-refractivity contribution < 1.29 is 14.6 Å². The lowest BCUT2D eigenvalue weighted by atomic mass is 9.97. The van der Waals surface area contributed by atoms with Gasteiger partial charge in [-0.3, -0.25) is 9.69 Å². The Morgan fingerprint density at radius 2 is 1.96 bits per heavy atom. The normalized spacial score (nSPS) is 18.3. The van der Waals surface area contributed by atoms with Gasteiger partial charge in [-0.1, -0.05) is 18.2 Å². The Bertz CT molecular complexity index is 834. The van der Waals surface area contributed by atoms with E-state index in [9.17, 15) is 9.90 Å². The Kier molecular flexibility index (Phi) is 5.71. The Morgan fingerprint density at radius 3 is 2.67 bits per heavy atom. The number of carbonyl (C=O) groups is 1. The van der Waals surface area contributed by atoms with Crippen LogP contribution in [0.25, 0.3) is 0 Å². The first kappa shape index (κ1) is 19.2. The first-order valence-corrected chi connectivity index (χ1v) is 9.39. The van der Waals surface area contributed by atoms with Crippen molar-refractivity contribution in [2.45, 2.75) is 39.3 Å². The number of phenolic OH excluding ortho intramolecular Hbond substituents is 1. The molecule has 2 atom stereocenters. The zero-order valence-corrected chi connectivity index (χ0v) is 16.5. The summed E-state index contributed by atoms with van der Waals surface area (Å²) >= 11 is 0. The molecule has 1 unspecified atom stereocenters. The van der Waals surface area contributed by atoms with Crippen molar-refractivity contribution in [2.24, 2.45) is 0 Å². The van der Waals surface area contributed by atoms with Crippen LogP contribution in [0.15, 0.2) is 36.4 Å². The van der Waals surface area contributed by atoms with Gasteiger partial charge in [-0.15, -0.1) is 0 Å². The van der Waals surface area contributed by atoms with Crippen LogP contribution in [0, 0.1) is 13.8 Å². The van der Waals surface area contributed by atoms with Gasteiger partial charge >= 0.3 is 0 Å². The third-order valence-corrected chi connectivity index (χ3v) is 5.70. The molecule has 0 spiro atoms. The van der Waals surface area contributed by atoms with Crippen molar-refractivity contribution in [1.82, 2.24) is 10.2 Å². The molecule has 1 fully saturated rings. The summed E-state index contributed by atoms with van der Waals surface area (Å²) < 4.78 is 5.42. The number of hydrogen-bond acceptors (Lipinski definition) is 4. The van der Waals surface area contributed by atoms with Crippen LogP contribution in [0.4, 0.5) is 0 Å². The molecule has 2 aromatic rings. The van der Waals surface area contributed by atoms with Crippen molar-refractivity contribution in [3.63, 3.8) is 0 Å². The standard InChI is InChI=1S/C22H28N2O3/c1-14-15(2)21(27-4)10-9-18(14)16(3)24-12-11-17(13-24)23-22(26)19-7-5-6-8-20(19)25/h5-10,16-17,25H,11-13H2,1-4H3,(H,23,26)/t16?,17-/m1/s1. The van der Waals surface area contributed by atoms with Crippen molar-refractivity contribution in [1.29, 1.82) is 0 Å². The zero-order valence-electron chi connectivity index (χ0n) is 16.5. The van der Waals surface area contributed by atoms with Gasteiger partial charge in [0.25, 0.3) is 5.91 Å². The number of para-hydroxylation sites is 1. The number of carbonyl (C=O) groups excluding carboxylic acids is 1. The smallest absolute Gasteiger partial charge is 0.255 e. The van der Waals surface area contributed by atoms with Gasteiger partial charge in [0.2, 0.25) is 0 Å². The molecule has 0 aliphatic carbocycles. The molecule has 3 rings (SSSR count). The molecular formula is C22H28N2O3. The topological polar surface area (TPSA) is 61.8 Å². The number of benzene rings is 2. The maximum Gasteiger partial charge on any atom is 0.255 e. The molecule has 1 aliphatic heterocycles. The molecule has 0 aromatic heterocycles. The van der Waals surface area contributed by atoms with Crippen LogP contribution in [0.5, 0.6) is 11.5 Å². The zero-order chi connectivity index (χ0) is 19.6. The van der Waals surface area contributed by atoms with Crippen LogP contribution >= 0.6 is 0 Å². The highest BCUT2D eigenvalue weighted by Gasteiger charge is 2.29. The number of rotatable bonds is 5. The third kappa shape index (κ3) is 3.93. The minimum atomic E-state index is -0.218. The van der Waals surface area contributed by atoms with Crippen molar-refractivity contribution >= 4 is 5.91 Å². The molecule has 0 radical (unpaired) electrons. The monoisotopic (exact) mass is 368 g/mol. The number of aromatic hydroxyl groups is 1. The number of methoxy groups -OCH3 is 1. The van der Waals surface area contributed by atoms with E-state index in [-0.39, 0.29) is 23.7 Å². The highest BCUT2D eigenvalue weighted by molar-refractivity contribution is 5.96. The summed E-state index contributed by atoms with van der Waals surface area (Å²) in [7, 11) is 1.70. The summed E-state index contributed by atoms with van der Waals surface area (Å²) in [6, 6.07) is 11.2. The number of nitrogens with zero attached hydrogens (tertiary/aromatic N) is 1. The van der Waals surface area contributed by atoms with E-state index in [1.165, 1.54) is 22.8 Å². The fraction of sp³-hybridized carbons (Fsp3) is 0.409. The largest absolute Gasteiger partial charge is 0.507 e. The number of phenols is 1. The number of amides is 1. The average Bonchev–Trinajstić information content (AvgIpc) is 3.12. The van der Waals surface area contributed by atoms with Crippen LogP contribution in [0.1, 0.15) is 46.4 Å². The van der Waals surface area contributed by atoms with Crippen LogP contribution < -0.4 is 10.1 Å². The molecule has 1 saturated heterocycles. The number of hydrogen-bond donors (Lipinski definition) is 2. The van der Waals surface area contributed by atoms with E-state index in [0.29, 0.717) is 5.56 Å². The third-order valence-electron chi connectivity index (χ3n) is 5.70. The van der Waals surface area contributed by atoms with Crippen LogP contribution in [-0.2, 0) is 0 Å². The Morgan fingerprint density at radius 1 is 1.22 bits per heavy atom. The van der Waals surface area contributed by atoms with E-state index in [1.54, 1.807) is 25.3 Å². The molecule has 2 N–H and O–H groups in total. The molecule has 0 saturated carbocycles. The van der Waals surface area contributed by atoms with Crippen molar-refractivity contribution in [2.75, 3.05) is 20.2 Å². The van der Waals surface area contributed by atoms with Gasteiger partial charge in [0.15, 0.2) is 0 Å². The molecule has 5 heteroatoms. The SMILES string of the molecule is COc1ccc(C(C)N2CC[C@@H](NC(=O)c3ccccc3O)C2)c(C)c1C. The molecular weight excluding hydrogens is 340 g/mol. The van der Waals surface area contributed by atoms with Crippen LogP contribution in [-0.4, -0.2) is 42.2 Å².